The van der Waals surface area contributed by atoms with Gasteiger partial charge >= 0.3 is 7.82 Å². The SMILES string of the molecule is CC[C@H](C)[C@H](N)C(=O)NCc1ccc(C(=O)C(CC(O)C(N)C(C(=O)[C@H](COP(=O)(O)O)NC(=O)COc2cccc3ccccc23)C2CCCCC2)C(C)C)cn1. The van der Waals surface area contributed by atoms with E-state index in [-0.39, 0.29) is 42.4 Å². The number of amides is 2. The van der Waals surface area contributed by atoms with Crippen LogP contribution in [0.25, 0.3) is 10.8 Å². The second-order valence-electron chi connectivity index (χ2n) is 15.8. The average Bonchev–Trinajstić information content (AvgIpc) is 3.21. The molecule has 1 aliphatic rings. The van der Waals surface area contributed by atoms with E-state index in [0.29, 0.717) is 29.8 Å². The van der Waals surface area contributed by atoms with Gasteiger partial charge in [-0.25, -0.2) is 4.57 Å². The number of nitrogens with zero attached hydrogens (tertiary/aromatic N) is 1. The summed E-state index contributed by atoms with van der Waals surface area (Å²) in [6.07, 6.45) is 4.50. The van der Waals surface area contributed by atoms with Crippen LogP contribution in [0.3, 0.4) is 0 Å². The van der Waals surface area contributed by atoms with Gasteiger partial charge in [-0.15, -0.1) is 0 Å². The second-order valence-corrected chi connectivity index (χ2v) is 17.0. The molecule has 1 fully saturated rings. The number of ether oxygens (including phenoxy) is 1. The van der Waals surface area contributed by atoms with Gasteiger partial charge in [-0.2, -0.15) is 0 Å². The highest BCUT2D eigenvalue weighted by Crippen LogP contribution is 2.38. The molecule has 1 saturated carbocycles. The number of benzene rings is 2. The van der Waals surface area contributed by atoms with Crippen LogP contribution in [0.2, 0.25) is 0 Å². The Kier molecular flexibility index (Phi) is 17.5. The number of phosphoric ester groups is 1. The third-order valence-electron chi connectivity index (χ3n) is 11.3. The molecule has 1 aromatic heterocycles. The zero-order valence-electron chi connectivity index (χ0n) is 33.8. The molecular weight excluding hydrogens is 765 g/mol. The molecule has 1 heterocycles. The number of Topliss-reactive ketones (excluding diaryl/α,β-unsaturated/α-hetero) is 2. The molecule has 0 bridgehead atoms. The van der Waals surface area contributed by atoms with Crippen LogP contribution in [-0.2, 0) is 30.0 Å². The summed E-state index contributed by atoms with van der Waals surface area (Å²) in [5.74, 6) is -3.83. The zero-order valence-corrected chi connectivity index (χ0v) is 34.7. The molecule has 0 saturated heterocycles. The van der Waals surface area contributed by atoms with Crippen molar-refractivity contribution in [1.29, 1.82) is 0 Å². The molecule has 2 aromatic carbocycles. The first kappa shape index (κ1) is 46.6. The first-order chi connectivity index (χ1) is 27.5. The number of fused-ring (bicyclic) bond motifs is 1. The van der Waals surface area contributed by atoms with Crippen LogP contribution < -0.4 is 26.8 Å². The fourth-order valence-corrected chi connectivity index (χ4v) is 7.91. The normalized spacial score (nSPS) is 17.4. The summed E-state index contributed by atoms with van der Waals surface area (Å²) in [4.78, 5) is 77.6. The Morgan fingerprint density at radius 2 is 1.66 bits per heavy atom. The molecule has 16 heteroatoms. The van der Waals surface area contributed by atoms with Gasteiger partial charge in [0.1, 0.15) is 11.8 Å². The van der Waals surface area contributed by atoms with Gasteiger partial charge in [0, 0.05) is 35.0 Å². The van der Waals surface area contributed by atoms with Gasteiger partial charge in [0.05, 0.1) is 31.0 Å². The Morgan fingerprint density at radius 1 is 0.966 bits per heavy atom. The van der Waals surface area contributed by atoms with Crippen LogP contribution in [0.5, 0.6) is 5.75 Å². The maximum atomic E-state index is 14.5. The van der Waals surface area contributed by atoms with Gasteiger partial charge in [0.25, 0.3) is 5.91 Å². The Morgan fingerprint density at radius 3 is 2.29 bits per heavy atom. The average molecular weight is 826 g/mol. The number of pyridine rings is 1. The molecule has 4 rings (SSSR count). The molecule has 9 N–H and O–H groups in total. The van der Waals surface area contributed by atoms with Crippen LogP contribution in [0.4, 0.5) is 0 Å². The maximum Gasteiger partial charge on any atom is 0.469 e. The molecule has 0 aliphatic heterocycles. The summed E-state index contributed by atoms with van der Waals surface area (Å²) in [5.41, 5.74) is 13.6. The number of rotatable bonds is 22. The van der Waals surface area contributed by atoms with Crippen molar-refractivity contribution in [2.75, 3.05) is 13.2 Å². The Hall–Kier alpha value is -4.08. The van der Waals surface area contributed by atoms with E-state index in [0.717, 1.165) is 36.5 Å². The number of nitrogens with one attached hydrogen (secondary N) is 2. The van der Waals surface area contributed by atoms with Crippen LogP contribution in [-0.4, -0.2) is 80.7 Å². The van der Waals surface area contributed by atoms with Gasteiger partial charge in [-0.05, 0) is 60.6 Å². The zero-order chi connectivity index (χ0) is 42.6. The lowest BCUT2D eigenvalue weighted by molar-refractivity contribution is -0.134. The third-order valence-corrected chi connectivity index (χ3v) is 11.8. The molecular formula is C42H60N5O10P. The monoisotopic (exact) mass is 825 g/mol. The first-order valence-corrected chi connectivity index (χ1v) is 21.6. The minimum absolute atomic E-state index is 0.0107. The van der Waals surface area contributed by atoms with Crippen molar-refractivity contribution >= 4 is 42.0 Å². The topological polar surface area (TPSA) is 253 Å². The predicted octanol–water partition coefficient (Wildman–Crippen LogP) is 4.20. The Balaban J connectivity index is 1.50. The van der Waals surface area contributed by atoms with Crippen LogP contribution in [0.1, 0.15) is 88.7 Å². The van der Waals surface area contributed by atoms with Gasteiger partial charge in [-0.3, -0.25) is 28.7 Å². The lowest BCUT2D eigenvalue weighted by Crippen LogP contribution is -2.56. The number of aromatic nitrogens is 1. The minimum Gasteiger partial charge on any atom is -0.483 e. The molecule has 1 aliphatic carbocycles. The number of ketones is 2. The summed E-state index contributed by atoms with van der Waals surface area (Å²) in [6.45, 7) is 6.32. The second kappa shape index (κ2) is 21.8. The van der Waals surface area contributed by atoms with Crippen molar-refractivity contribution in [2.24, 2.45) is 41.1 Å². The highest BCUT2D eigenvalue weighted by atomic mass is 31.2. The van der Waals surface area contributed by atoms with E-state index in [1.807, 2.05) is 58.0 Å². The lowest BCUT2D eigenvalue weighted by Gasteiger charge is -2.38. The summed E-state index contributed by atoms with van der Waals surface area (Å²) >= 11 is 0. The van der Waals surface area contributed by atoms with E-state index in [2.05, 4.69) is 15.6 Å². The third kappa shape index (κ3) is 13.2. The summed E-state index contributed by atoms with van der Waals surface area (Å²) in [6, 6.07) is 12.7. The maximum absolute atomic E-state index is 14.5. The summed E-state index contributed by atoms with van der Waals surface area (Å²) in [5, 5.41) is 18.7. The Labute approximate surface area is 340 Å². The van der Waals surface area contributed by atoms with Crippen molar-refractivity contribution in [3.05, 3.63) is 72.1 Å². The summed E-state index contributed by atoms with van der Waals surface area (Å²) < 4.78 is 22.4. The quantitative estimate of drug-likeness (QED) is 0.0555. The fourth-order valence-electron chi connectivity index (χ4n) is 7.56. The molecule has 0 spiro atoms. The van der Waals surface area contributed by atoms with Crippen LogP contribution in [0.15, 0.2) is 60.8 Å². The van der Waals surface area contributed by atoms with Crippen molar-refractivity contribution in [3.8, 4) is 5.75 Å². The molecule has 0 radical (unpaired) electrons. The van der Waals surface area contributed by atoms with E-state index >= 15 is 0 Å². The molecule has 318 valence electrons. The van der Waals surface area contributed by atoms with Crippen molar-refractivity contribution in [1.82, 2.24) is 15.6 Å². The minimum atomic E-state index is -5.07. The summed E-state index contributed by atoms with van der Waals surface area (Å²) in [7, 11) is -5.07. The number of phosphoric acid groups is 1. The van der Waals surface area contributed by atoms with Crippen LogP contribution in [0, 0.1) is 29.6 Å². The molecule has 4 unspecified atom stereocenters. The van der Waals surface area contributed by atoms with E-state index in [4.69, 9.17) is 20.7 Å². The highest BCUT2D eigenvalue weighted by molar-refractivity contribution is 7.46. The van der Waals surface area contributed by atoms with Crippen molar-refractivity contribution in [2.45, 2.75) is 103 Å². The predicted molar refractivity (Wildman–Crippen MR) is 219 cm³/mol. The number of aliphatic hydroxyl groups excluding tert-OH is 1. The number of hydrogen-bond donors (Lipinski definition) is 7. The Bertz CT molecular complexity index is 1880. The van der Waals surface area contributed by atoms with E-state index in [1.54, 1.807) is 24.3 Å². The largest absolute Gasteiger partial charge is 0.483 e. The first-order valence-electron chi connectivity index (χ1n) is 20.1. The van der Waals surface area contributed by atoms with E-state index < -0.39 is 68.8 Å². The molecule has 15 nitrogen and oxygen atoms in total. The number of hydrogen-bond acceptors (Lipinski definition) is 11. The van der Waals surface area contributed by atoms with Gasteiger partial charge < -0.3 is 41.7 Å². The van der Waals surface area contributed by atoms with E-state index in [9.17, 15) is 38.6 Å². The number of carbonyl (C=O) groups is 4. The number of nitrogens with two attached hydrogens (primary N) is 2. The van der Waals surface area contributed by atoms with Crippen LogP contribution >= 0.6 is 7.82 Å². The highest BCUT2D eigenvalue weighted by Gasteiger charge is 2.42. The molecule has 2 amide bonds. The van der Waals surface area contributed by atoms with Crippen molar-refractivity contribution < 1.29 is 47.9 Å². The molecule has 7 atom stereocenters. The smallest absolute Gasteiger partial charge is 0.469 e. The molecule has 58 heavy (non-hydrogen) atoms. The van der Waals surface area contributed by atoms with Gasteiger partial charge in [0.2, 0.25) is 5.91 Å². The number of carbonyl (C=O) groups excluding carboxylic acids is 4. The van der Waals surface area contributed by atoms with Gasteiger partial charge in [-0.1, -0.05) is 89.8 Å². The number of aliphatic hydroxyl groups is 1. The van der Waals surface area contributed by atoms with Gasteiger partial charge in [0.15, 0.2) is 18.2 Å². The van der Waals surface area contributed by atoms with E-state index in [1.165, 1.54) is 6.20 Å². The standard InChI is InChI=1S/C42H60N5O10P/c1-5-26(4)38(43)42(52)46-22-30-19-18-29(21-45-30)40(50)32(25(2)3)20-34(48)39(44)37(28-13-7-6-8-14-28)41(51)33(23-57-58(53,54)55)47-36(49)24-56-35-17-11-15-27-12-9-10-16-31(27)35/h9-12,15-19,21,25-26,28,32-34,37-39,48H,5-8,13-14,20,22-24,43-44H2,1-4H3,(H,46,52)(H,47,49)(H2,53,54,55)/t26-,32?,33-,34?,37?,38-,39?/m0/s1. The fraction of sp³-hybridized carbons (Fsp3) is 0.548. The lowest BCUT2D eigenvalue weighted by atomic mass is 9.71. The molecule has 3 aromatic rings. The van der Waals surface area contributed by atoms with Crippen molar-refractivity contribution in [3.63, 3.8) is 0 Å².